The highest BCUT2D eigenvalue weighted by Gasteiger charge is 2.27. The van der Waals surface area contributed by atoms with Gasteiger partial charge < -0.3 is 5.32 Å². The molecule has 0 saturated carbocycles. The van der Waals surface area contributed by atoms with Crippen LogP contribution in [0, 0.1) is 6.92 Å². The van der Waals surface area contributed by atoms with E-state index in [0.29, 0.717) is 15.7 Å². The quantitative estimate of drug-likeness (QED) is 0.528. The van der Waals surface area contributed by atoms with Crippen LogP contribution in [-0.4, -0.2) is 25.2 Å². The monoisotopic (exact) mass is 462 g/mol. The number of hydrogen-bond acceptors (Lipinski definition) is 3. The number of benzene rings is 3. The molecule has 0 aromatic heterocycles. The van der Waals surface area contributed by atoms with E-state index in [9.17, 15) is 13.2 Å². The maximum Gasteiger partial charge on any atom is 0.243 e. The van der Waals surface area contributed by atoms with Crippen LogP contribution < -0.4 is 5.32 Å². The van der Waals surface area contributed by atoms with Crippen molar-refractivity contribution in [2.75, 3.05) is 11.9 Å². The summed E-state index contributed by atoms with van der Waals surface area (Å²) in [5, 5.41) is 3.68. The van der Waals surface area contributed by atoms with Gasteiger partial charge in [0.1, 0.15) is 0 Å². The SMILES string of the molecule is Cc1cccc(CN(CC(=O)Nc2ccc(Cl)cc2)S(=O)(=O)c2ccc(Cl)cc2)c1. The van der Waals surface area contributed by atoms with E-state index in [1.165, 1.54) is 24.3 Å². The minimum absolute atomic E-state index is 0.0562. The van der Waals surface area contributed by atoms with Crippen LogP contribution in [0.15, 0.2) is 77.7 Å². The fourth-order valence-electron chi connectivity index (χ4n) is 2.89. The van der Waals surface area contributed by atoms with Crippen molar-refractivity contribution in [3.8, 4) is 0 Å². The van der Waals surface area contributed by atoms with Crippen molar-refractivity contribution in [1.29, 1.82) is 0 Å². The van der Waals surface area contributed by atoms with Crippen molar-refractivity contribution in [1.82, 2.24) is 4.31 Å². The normalized spacial score (nSPS) is 11.5. The molecule has 0 saturated heterocycles. The van der Waals surface area contributed by atoms with Gasteiger partial charge in [0.15, 0.2) is 0 Å². The van der Waals surface area contributed by atoms with E-state index in [2.05, 4.69) is 5.32 Å². The summed E-state index contributed by atoms with van der Waals surface area (Å²) in [6.45, 7) is 1.64. The van der Waals surface area contributed by atoms with Gasteiger partial charge in [-0.25, -0.2) is 8.42 Å². The van der Waals surface area contributed by atoms with Crippen molar-refractivity contribution in [3.05, 3.63) is 94.0 Å². The van der Waals surface area contributed by atoms with E-state index < -0.39 is 15.9 Å². The second kappa shape index (κ2) is 9.62. The van der Waals surface area contributed by atoms with Crippen molar-refractivity contribution in [2.24, 2.45) is 0 Å². The van der Waals surface area contributed by atoms with Crippen LogP contribution in [0.2, 0.25) is 10.0 Å². The zero-order valence-electron chi connectivity index (χ0n) is 16.2. The molecule has 0 aliphatic heterocycles. The molecule has 1 N–H and O–H groups in total. The Morgan fingerprint density at radius 2 is 1.53 bits per heavy atom. The van der Waals surface area contributed by atoms with Crippen molar-refractivity contribution >= 4 is 44.8 Å². The second-order valence-electron chi connectivity index (χ2n) is 6.77. The topological polar surface area (TPSA) is 66.5 Å². The molecule has 0 spiro atoms. The van der Waals surface area contributed by atoms with E-state index in [1.807, 2.05) is 31.2 Å². The molecule has 0 aliphatic carbocycles. The largest absolute Gasteiger partial charge is 0.325 e. The summed E-state index contributed by atoms with van der Waals surface area (Å²) in [5.41, 5.74) is 2.32. The van der Waals surface area contributed by atoms with Crippen LogP contribution in [0.3, 0.4) is 0 Å². The van der Waals surface area contributed by atoms with E-state index in [1.54, 1.807) is 24.3 Å². The first-order chi connectivity index (χ1) is 14.2. The molecule has 0 fully saturated rings. The second-order valence-corrected chi connectivity index (χ2v) is 9.58. The Hall–Kier alpha value is -2.38. The average molecular weight is 463 g/mol. The van der Waals surface area contributed by atoms with Crippen molar-refractivity contribution in [2.45, 2.75) is 18.4 Å². The molecule has 30 heavy (non-hydrogen) atoms. The molecular formula is C22H20Cl2N2O3S. The molecule has 3 aromatic carbocycles. The summed E-state index contributed by atoms with van der Waals surface area (Å²) in [7, 11) is -3.93. The highest BCUT2D eigenvalue weighted by atomic mass is 35.5. The lowest BCUT2D eigenvalue weighted by Gasteiger charge is -2.22. The maximum absolute atomic E-state index is 13.3. The lowest BCUT2D eigenvalue weighted by atomic mass is 10.1. The van der Waals surface area contributed by atoms with Crippen LogP contribution in [0.1, 0.15) is 11.1 Å². The predicted molar refractivity (Wildman–Crippen MR) is 120 cm³/mol. The summed E-state index contributed by atoms with van der Waals surface area (Å²) in [5.74, 6) is -0.456. The van der Waals surface area contributed by atoms with Gasteiger partial charge in [-0.2, -0.15) is 4.31 Å². The van der Waals surface area contributed by atoms with Gasteiger partial charge in [-0.15, -0.1) is 0 Å². The molecule has 1 amide bonds. The number of carbonyl (C=O) groups is 1. The zero-order chi connectivity index (χ0) is 21.7. The Balaban J connectivity index is 1.87. The smallest absolute Gasteiger partial charge is 0.243 e. The third kappa shape index (κ3) is 5.83. The number of nitrogens with one attached hydrogen (secondary N) is 1. The number of sulfonamides is 1. The van der Waals surface area contributed by atoms with Crippen LogP contribution in [-0.2, 0) is 21.4 Å². The van der Waals surface area contributed by atoms with Crippen molar-refractivity contribution < 1.29 is 13.2 Å². The summed E-state index contributed by atoms with van der Waals surface area (Å²) < 4.78 is 27.7. The molecule has 0 radical (unpaired) electrons. The summed E-state index contributed by atoms with van der Waals surface area (Å²) in [4.78, 5) is 12.7. The highest BCUT2D eigenvalue weighted by Crippen LogP contribution is 2.21. The Morgan fingerprint density at radius 1 is 0.933 bits per heavy atom. The summed E-state index contributed by atoms with van der Waals surface area (Å²) in [6.07, 6.45) is 0. The number of carbonyl (C=O) groups excluding carboxylic acids is 1. The summed E-state index contributed by atoms with van der Waals surface area (Å²) in [6, 6.07) is 20.0. The minimum atomic E-state index is -3.93. The first-order valence-corrected chi connectivity index (χ1v) is 11.3. The number of hydrogen-bond donors (Lipinski definition) is 1. The Morgan fingerprint density at radius 3 is 2.13 bits per heavy atom. The van der Waals surface area contributed by atoms with Gasteiger partial charge in [0.2, 0.25) is 15.9 Å². The van der Waals surface area contributed by atoms with Gasteiger partial charge in [0.25, 0.3) is 0 Å². The molecule has 156 valence electrons. The van der Waals surface area contributed by atoms with Crippen LogP contribution in [0.25, 0.3) is 0 Å². The number of halogens is 2. The molecule has 8 heteroatoms. The van der Waals surface area contributed by atoms with Gasteiger partial charge in [0.05, 0.1) is 11.4 Å². The third-order valence-corrected chi connectivity index (χ3v) is 6.65. The molecule has 0 aliphatic rings. The molecular weight excluding hydrogens is 443 g/mol. The molecule has 5 nitrogen and oxygen atoms in total. The maximum atomic E-state index is 13.3. The minimum Gasteiger partial charge on any atom is -0.325 e. The molecule has 0 bridgehead atoms. The van der Waals surface area contributed by atoms with E-state index >= 15 is 0 Å². The van der Waals surface area contributed by atoms with Crippen LogP contribution in [0.5, 0.6) is 0 Å². The van der Waals surface area contributed by atoms with Gasteiger partial charge in [-0.05, 0) is 61.0 Å². The number of nitrogens with zero attached hydrogens (tertiary/aromatic N) is 1. The third-order valence-electron chi connectivity index (χ3n) is 4.34. The first-order valence-electron chi connectivity index (χ1n) is 9.11. The molecule has 0 heterocycles. The number of aryl methyl sites for hydroxylation is 1. The Kier molecular flexibility index (Phi) is 7.15. The number of amides is 1. The van der Waals surface area contributed by atoms with Crippen LogP contribution >= 0.6 is 23.2 Å². The van der Waals surface area contributed by atoms with Gasteiger partial charge in [-0.3, -0.25) is 4.79 Å². The van der Waals surface area contributed by atoms with E-state index in [-0.39, 0.29) is 18.0 Å². The van der Waals surface area contributed by atoms with Gasteiger partial charge >= 0.3 is 0 Å². The van der Waals surface area contributed by atoms with E-state index in [4.69, 9.17) is 23.2 Å². The molecule has 0 atom stereocenters. The summed E-state index contributed by atoms with van der Waals surface area (Å²) >= 11 is 11.8. The highest BCUT2D eigenvalue weighted by molar-refractivity contribution is 7.89. The van der Waals surface area contributed by atoms with E-state index in [0.717, 1.165) is 15.4 Å². The lowest BCUT2D eigenvalue weighted by molar-refractivity contribution is -0.116. The Labute approximate surface area is 186 Å². The zero-order valence-corrected chi connectivity index (χ0v) is 18.5. The lowest BCUT2D eigenvalue weighted by Crippen LogP contribution is -2.37. The first kappa shape index (κ1) is 22.3. The Bertz CT molecular complexity index is 1130. The van der Waals surface area contributed by atoms with Crippen LogP contribution in [0.4, 0.5) is 5.69 Å². The number of anilines is 1. The standard InChI is InChI=1S/C22H20Cl2N2O3S/c1-16-3-2-4-17(13-16)14-26(30(28,29)21-11-7-19(24)8-12-21)15-22(27)25-20-9-5-18(23)6-10-20/h2-13H,14-15H2,1H3,(H,25,27). The predicted octanol–water partition coefficient (Wildman–Crippen LogP) is 5.13. The molecule has 3 aromatic rings. The van der Waals surface area contributed by atoms with Gasteiger partial charge in [-0.1, -0.05) is 53.0 Å². The molecule has 3 rings (SSSR count). The fraction of sp³-hybridized carbons (Fsp3) is 0.136. The van der Waals surface area contributed by atoms with Gasteiger partial charge in [0, 0.05) is 22.3 Å². The fourth-order valence-corrected chi connectivity index (χ4v) is 4.53. The van der Waals surface area contributed by atoms with Crippen molar-refractivity contribution in [3.63, 3.8) is 0 Å². The molecule has 0 unspecified atom stereocenters. The number of rotatable bonds is 7. The average Bonchev–Trinajstić information content (AvgIpc) is 2.69.